The van der Waals surface area contributed by atoms with Crippen LogP contribution in [0.2, 0.25) is 0 Å². The highest BCUT2D eigenvalue weighted by atomic mass is 79.9. The summed E-state index contributed by atoms with van der Waals surface area (Å²) in [7, 11) is 0. The van der Waals surface area contributed by atoms with Crippen molar-refractivity contribution in [2.24, 2.45) is 0 Å². The maximum absolute atomic E-state index is 12.4. The molecule has 1 aromatic carbocycles. The SMILES string of the molecule is Cc1c(Br)ccc2c1C(=Cc1sc3scc(C)c3c1C)C(=O)N2. The van der Waals surface area contributed by atoms with E-state index in [1.807, 2.05) is 25.1 Å². The first-order valence-corrected chi connectivity index (χ1v) is 9.76. The van der Waals surface area contributed by atoms with Crippen LogP contribution in [0.15, 0.2) is 22.0 Å². The van der Waals surface area contributed by atoms with Gasteiger partial charge >= 0.3 is 0 Å². The topological polar surface area (TPSA) is 29.1 Å². The molecule has 0 saturated carbocycles. The van der Waals surface area contributed by atoms with Gasteiger partial charge in [0.15, 0.2) is 0 Å². The van der Waals surface area contributed by atoms with Gasteiger partial charge in [-0.1, -0.05) is 15.9 Å². The van der Waals surface area contributed by atoms with Crippen LogP contribution >= 0.6 is 38.6 Å². The van der Waals surface area contributed by atoms with E-state index in [1.54, 1.807) is 22.7 Å². The molecule has 2 nitrogen and oxygen atoms in total. The smallest absolute Gasteiger partial charge is 0.256 e. The Morgan fingerprint density at radius 3 is 2.70 bits per heavy atom. The standard InChI is InChI=1S/C18H14BrNOS2/c1-8-7-22-18-15(8)10(3)14(23-18)6-11-16-9(2)12(19)4-5-13(16)20-17(11)21/h4-7H,1-3H3,(H,20,21). The molecule has 1 aliphatic rings. The van der Waals surface area contributed by atoms with E-state index in [2.05, 4.69) is 40.5 Å². The Kier molecular flexibility index (Phi) is 3.48. The first-order valence-electron chi connectivity index (χ1n) is 7.27. The number of carbonyl (C=O) groups excluding carboxylic acids is 1. The van der Waals surface area contributed by atoms with Crippen LogP contribution in [-0.2, 0) is 4.79 Å². The van der Waals surface area contributed by atoms with Crippen molar-refractivity contribution in [1.29, 1.82) is 0 Å². The second-order valence-electron chi connectivity index (χ2n) is 5.78. The summed E-state index contributed by atoms with van der Waals surface area (Å²) in [5, 5.41) is 6.52. The first-order chi connectivity index (χ1) is 11.0. The number of hydrogen-bond acceptors (Lipinski definition) is 3. The zero-order chi connectivity index (χ0) is 16.3. The fourth-order valence-corrected chi connectivity index (χ4v) is 5.91. The van der Waals surface area contributed by atoms with Gasteiger partial charge in [-0.15, -0.1) is 22.7 Å². The maximum atomic E-state index is 12.4. The third-order valence-electron chi connectivity index (χ3n) is 4.32. The lowest BCUT2D eigenvalue weighted by Gasteiger charge is -2.05. The molecule has 0 radical (unpaired) electrons. The van der Waals surface area contributed by atoms with Crippen LogP contribution < -0.4 is 5.32 Å². The van der Waals surface area contributed by atoms with Crippen LogP contribution in [0.5, 0.6) is 0 Å². The Morgan fingerprint density at radius 2 is 1.96 bits per heavy atom. The first kappa shape index (κ1) is 15.1. The predicted octanol–water partition coefficient (Wildman–Crippen LogP) is 6.14. The molecule has 0 saturated heterocycles. The number of fused-ring (bicyclic) bond motifs is 2. The average Bonchev–Trinajstić information content (AvgIpc) is 3.13. The summed E-state index contributed by atoms with van der Waals surface area (Å²) in [5.41, 5.74) is 6.35. The highest BCUT2D eigenvalue weighted by Gasteiger charge is 2.27. The minimum Gasteiger partial charge on any atom is -0.321 e. The molecule has 2 aromatic heterocycles. The fourth-order valence-electron chi connectivity index (χ4n) is 3.09. The Hall–Kier alpha value is -1.43. The predicted molar refractivity (Wildman–Crippen MR) is 105 cm³/mol. The molecular weight excluding hydrogens is 390 g/mol. The van der Waals surface area contributed by atoms with Gasteiger partial charge in [0, 0.05) is 26.0 Å². The second-order valence-corrected chi connectivity index (χ2v) is 8.82. The number of benzene rings is 1. The highest BCUT2D eigenvalue weighted by molar-refractivity contribution is 9.10. The van der Waals surface area contributed by atoms with Crippen molar-refractivity contribution in [2.45, 2.75) is 20.8 Å². The quantitative estimate of drug-likeness (QED) is 0.485. The van der Waals surface area contributed by atoms with E-state index >= 15 is 0 Å². The van der Waals surface area contributed by atoms with Gasteiger partial charge in [-0.2, -0.15) is 0 Å². The number of hydrogen-bond donors (Lipinski definition) is 1. The van der Waals surface area contributed by atoms with E-state index in [1.165, 1.54) is 25.4 Å². The average molecular weight is 404 g/mol. The van der Waals surface area contributed by atoms with Gasteiger partial charge in [0.1, 0.15) is 0 Å². The number of amides is 1. The molecule has 1 amide bonds. The minimum absolute atomic E-state index is 0.0194. The molecule has 0 spiro atoms. The number of halogens is 1. The largest absolute Gasteiger partial charge is 0.321 e. The van der Waals surface area contributed by atoms with Gasteiger partial charge in [-0.3, -0.25) is 4.79 Å². The third kappa shape index (κ3) is 2.22. The molecule has 4 rings (SSSR count). The van der Waals surface area contributed by atoms with Crippen LogP contribution in [0.25, 0.3) is 21.0 Å². The number of nitrogens with one attached hydrogen (secondary N) is 1. The Morgan fingerprint density at radius 1 is 1.17 bits per heavy atom. The van der Waals surface area contributed by atoms with Crippen molar-refractivity contribution in [3.8, 4) is 0 Å². The molecule has 0 fully saturated rings. The number of thiophene rings is 2. The molecule has 1 N–H and O–H groups in total. The maximum Gasteiger partial charge on any atom is 0.256 e. The molecule has 116 valence electrons. The van der Waals surface area contributed by atoms with Crippen molar-refractivity contribution in [1.82, 2.24) is 0 Å². The number of anilines is 1. The van der Waals surface area contributed by atoms with E-state index in [4.69, 9.17) is 0 Å². The van der Waals surface area contributed by atoms with Crippen LogP contribution in [0.1, 0.15) is 27.1 Å². The fraction of sp³-hybridized carbons (Fsp3) is 0.167. The summed E-state index contributed by atoms with van der Waals surface area (Å²) in [6.07, 6.45) is 2.05. The minimum atomic E-state index is -0.0194. The summed E-state index contributed by atoms with van der Waals surface area (Å²) in [6, 6.07) is 3.93. The van der Waals surface area contributed by atoms with Crippen LogP contribution in [0, 0.1) is 20.8 Å². The zero-order valence-electron chi connectivity index (χ0n) is 12.9. The van der Waals surface area contributed by atoms with Gasteiger partial charge in [-0.25, -0.2) is 0 Å². The molecule has 3 heterocycles. The van der Waals surface area contributed by atoms with Crippen molar-refractivity contribution >= 4 is 71.2 Å². The monoisotopic (exact) mass is 403 g/mol. The summed E-state index contributed by atoms with van der Waals surface area (Å²) in [6.45, 7) is 6.34. The van der Waals surface area contributed by atoms with Crippen LogP contribution in [0.4, 0.5) is 5.69 Å². The Bertz CT molecular complexity index is 1010. The van der Waals surface area contributed by atoms with E-state index in [-0.39, 0.29) is 5.91 Å². The molecular formula is C18H14BrNOS2. The lowest BCUT2D eigenvalue weighted by Crippen LogP contribution is -2.03. The molecule has 23 heavy (non-hydrogen) atoms. The van der Waals surface area contributed by atoms with Crippen molar-refractivity contribution in [2.75, 3.05) is 5.32 Å². The number of rotatable bonds is 1. The lowest BCUT2D eigenvalue weighted by atomic mass is 10.00. The van der Waals surface area contributed by atoms with Crippen molar-refractivity contribution < 1.29 is 4.79 Å². The molecule has 0 unspecified atom stereocenters. The molecule has 0 aliphatic carbocycles. The van der Waals surface area contributed by atoms with E-state index in [9.17, 15) is 4.79 Å². The van der Waals surface area contributed by atoms with Crippen LogP contribution in [-0.4, -0.2) is 5.91 Å². The van der Waals surface area contributed by atoms with Gasteiger partial charge in [-0.05, 0) is 61.1 Å². The molecule has 5 heteroatoms. The molecule has 3 aromatic rings. The number of carbonyl (C=O) groups is 1. The molecule has 0 bridgehead atoms. The van der Waals surface area contributed by atoms with Gasteiger partial charge in [0.2, 0.25) is 0 Å². The summed E-state index contributed by atoms with van der Waals surface area (Å²) in [4.78, 5) is 13.6. The molecule has 1 aliphatic heterocycles. The second kappa shape index (κ2) is 5.30. The Labute approximate surface area is 151 Å². The summed E-state index contributed by atoms with van der Waals surface area (Å²) >= 11 is 7.11. The lowest BCUT2D eigenvalue weighted by molar-refractivity contribution is -0.110. The van der Waals surface area contributed by atoms with E-state index in [0.717, 1.165) is 26.9 Å². The van der Waals surface area contributed by atoms with E-state index < -0.39 is 0 Å². The normalized spacial score (nSPS) is 15.5. The van der Waals surface area contributed by atoms with Crippen molar-refractivity contribution in [3.63, 3.8) is 0 Å². The number of aryl methyl sites for hydroxylation is 2. The third-order valence-corrected chi connectivity index (χ3v) is 7.65. The zero-order valence-corrected chi connectivity index (χ0v) is 16.1. The highest BCUT2D eigenvalue weighted by Crippen LogP contribution is 2.42. The van der Waals surface area contributed by atoms with Gasteiger partial charge < -0.3 is 5.32 Å². The molecule has 0 atom stereocenters. The summed E-state index contributed by atoms with van der Waals surface area (Å²) in [5.74, 6) is -0.0194. The van der Waals surface area contributed by atoms with Crippen LogP contribution in [0.3, 0.4) is 0 Å². The van der Waals surface area contributed by atoms with E-state index in [0.29, 0.717) is 0 Å². The van der Waals surface area contributed by atoms with Crippen molar-refractivity contribution in [3.05, 3.63) is 49.1 Å². The van der Waals surface area contributed by atoms with Gasteiger partial charge in [0.25, 0.3) is 5.91 Å². The van der Waals surface area contributed by atoms with Gasteiger partial charge in [0.05, 0.1) is 9.59 Å². The Balaban J connectivity index is 1.94. The summed E-state index contributed by atoms with van der Waals surface area (Å²) < 4.78 is 2.36.